The molecule has 1 aliphatic heterocycles. The Balaban J connectivity index is 2.31. The Morgan fingerprint density at radius 1 is 0.842 bits per heavy atom. The lowest BCUT2D eigenvalue weighted by molar-refractivity contribution is -0.0294. The molecule has 0 saturated heterocycles. The highest BCUT2D eigenvalue weighted by Crippen LogP contribution is 2.55. The Morgan fingerprint density at radius 3 is 2.11 bits per heavy atom. The van der Waals surface area contributed by atoms with Gasteiger partial charge in [0.1, 0.15) is 0 Å². The van der Waals surface area contributed by atoms with E-state index >= 15 is 0 Å². The van der Waals surface area contributed by atoms with Crippen molar-refractivity contribution in [1.82, 2.24) is 0 Å². The lowest BCUT2D eigenvalue weighted by Gasteiger charge is -2.33. The SMILES string of the molecule is CC1=C(C)C2=C(C)C(C)(C)C3=C(OC(C)O3)C2=C1C. The molecule has 0 saturated carbocycles. The predicted octanol–water partition coefficient (Wildman–Crippen LogP) is 4.61. The summed E-state index contributed by atoms with van der Waals surface area (Å²) in [4.78, 5) is 0. The van der Waals surface area contributed by atoms with E-state index in [9.17, 15) is 0 Å². The zero-order valence-corrected chi connectivity index (χ0v) is 12.9. The first-order valence-electron chi connectivity index (χ1n) is 6.96. The molecule has 0 aromatic heterocycles. The molecule has 3 rings (SSSR count). The highest BCUT2D eigenvalue weighted by molar-refractivity contribution is 5.72. The maximum absolute atomic E-state index is 5.97. The van der Waals surface area contributed by atoms with Gasteiger partial charge in [-0.15, -0.1) is 0 Å². The minimum absolute atomic E-state index is 0.0922. The van der Waals surface area contributed by atoms with Crippen LogP contribution in [0.1, 0.15) is 48.5 Å². The van der Waals surface area contributed by atoms with Crippen LogP contribution in [-0.2, 0) is 9.47 Å². The van der Waals surface area contributed by atoms with Gasteiger partial charge in [-0.05, 0) is 63.8 Å². The standard InChI is InChI=1S/C17H22O2/c1-8-9(2)13-11(4)17(6,7)16-15(14(13)10(8)3)18-12(5)19-16/h12H,1-7H3. The normalized spacial score (nSPS) is 28.7. The molecule has 0 fully saturated rings. The fraction of sp³-hybridized carbons (Fsp3) is 0.529. The Hall–Kier alpha value is -1.44. The molecule has 19 heavy (non-hydrogen) atoms. The van der Waals surface area contributed by atoms with Crippen LogP contribution in [0.25, 0.3) is 0 Å². The molecule has 1 unspecified atom stereocenters. The number of allylic oxidation sites excluding steroid dienone is 5. The molecule has 0 N–H and O–H groups in total. The lowest BCUT2D eigenvalue weighted by Crippen LogP contribution is -2.24. The van der Waals surface area contributed by atoms with Crippen LogP contribution in [0.2, 0.25) is 0 Å². The summed E-state index contributed by atoms with van der Waals surface area (Å²) in [6, 6.07) is 0. The fourth-order valence-corrected chi connectivity index (χ4v) is 3.33. The van der Waals surface area contributed by atoms with Crippen molar-refractivity contribution >= 4 is 0 Å². The van der Waals surface area contributed by atoms with Crippen LogP contribution in [0, 0.1) is 5.41 Å². The molecule has 0 spiro atoms. The van der Waals surface area contributed by atoms with E-state index in [1.165, 1.54) is 33.4 Å². The average Bonchev–Trinajstić information content (AvgIpc) is 2.82. The maximum Gasteiger partial charge on any atom is 0.238 e. The second-order valence-electron chi connectivity index (χ2n) is 6.34. The van der Waals surface area contributed by atoms with Crippen LogP contribution in [0.4, 0.5) is 0 Å². The Bertz CT molecular complexity index is 609. The molecule has 1 heterocycles. The van der Waals surface area contributed by atoms with Crippen molar-refractivity contribution in [1.29, 1.82) is 0 Å². The topological polar surface area (TPSA) is 18.5 Å². The third-order valence-electron chi connectivity index (χ3n) is 5.01. The summed E-state index contributed by atoms with van der Waals surface area (Å²) in [5, 5.41) is 0. The highest BCUT2D eigenvalue weighted by Gasteiger charge is 2.46. The minimum atomic E-state index is -0.182. The molecule has 3 aliphatic rings. The summed E-state index contributed by atoms with van der Waals surface area (Å²) < 4.78 is 11.9. The van der Waals surface area contributed by atoms with E-state index in [0.717, 1.165) is 11.5 Å². The molecule has 0 bridgehead atoms. The first kappa shape index (κ1) is 12.6. The largest absolute Gasteiger partial charge is 0.455 e. The summed E-state index contributed by atoms with van der Waals surface area (Å²) in [7, 11) is 0. The van der Waals surface area contributed by atoms with E-state index in [4.69, 9.17) is 9.47 Å². The molecule has 1 atom stereocenters. The van der Waals surface area contributed by atoms with Crippen molar-refractivity contribution in [2.75, 3.05) is 0 Å². The summed E-state index contributed by atoms with van der Waals surface area (Å²) in [5.41, 5.74) is 8.00. The molecule has 2 nitrogen and oxygen atoms in total. The molecular formula is C17H22O2. The number of hydrogen-bond acceptors (Lipinski definition) is 2. The number of rotatable bonds is 0. The van der Waals surface area contributed by atoms with Gasteiger partial charge in [-0.1, -0.05) is 5.57 Å². The predicted molar refractivity (Wildman–Crippen MR) is 76.2 cm³/mol. The maximum atomic E-state index is 5.97. The van der Waals surface area contributed by atoms with Gasteiger partial charge in [0.25, 0.3) is 0 Å². The van der Waals surface area contributed by atoms with Gasteiger partial charge in [-0.3, -0.25) is 0 Å². The smallest absolute Gasteiger partial charge is 0.238 e. The van der Waals surface area contributed by atoms with Crippen molar-refractivity contribution in [3.63, 3.8) is 0 Å². The number of hydrogen-bond donors (Lipinski definition) is 0. The van der Waals surface area contributed by atoms with Crippen LogP contribution < -0.4 is 0 Å². The first-order valence-corrected chi connectivity index (χ1v) is 6.96. The third kappa shape index (κ3) is 1.37. The van der Waals surface area contributed by atoms with Gasteiger partial charge in [0.15, 0.2) is 11.5 Å². The molecule has 0 radical (unpaired) electrons. The second kappa shape index (κ2) is 3.56. The van der Waals surface area contributed by atoms with Crippen molar-refractivity contribution in [3.05, 3.63) is 45.0 Å². The van der Waals surface area contributed by atoms with Crippen molar-refractivity contribution in [3.8, 4) is 0 Å². The van der Waals surface area contributed by atoms with Crippen molar-refractivity contribution in [2.24, 2.45) is 5.41 Å². The molecule has 102 valence electrons. The fourth-order valence-electron chi connectivity index (χ4n) is 3.33. The van der Waals surface area contributed by atoms with E-state index in [1.54, 1.807) is 0 Å². The Labute approximate surface area is 115 Å². The summed E-state index contributed by atoms with van der Waals surface area (Å²) >= 11 is 0. The molecule has 0 amide bonds. The molecule has 2 aliphatic carbocycles. The molecule has 2 heteroatoms. The van der Waals surface area contributed by atoms with Gasteiger partial charge in [0.05, 0.1) is 0 Å². The van der Waals surface area contributed by atoms with E-state index in [-0.39, 0.29) is 11.7 Å². The van der Waals surface area contributed by atoms with E-state index < -0.39 is 0 Å². The van der Waals surface area contributed by atoms with E-state index in [1.807, 2.05) is 6.92 Å². The average molecular weight is 258 g/mol. The third-order valence-corrected chi connectivity index (χ3v) is 5.01. The molecular weight excluding hydrogens is 236 g/mol. The Kier molecular flexibility index (Phi) is 2.36. The summed E-state index contributed by atoms with van der Waals surface area (Å²) in [6.07, 6.45) is -0.182. The first-order chi connectivity index (χ1) is 8.76. The van der Waals surface area contributed by atoms with E-state index in [2.05, 4.69) is 41.5 Å². The van der Waals surface area contributed by atoms with Gasteiger partial charge in [-0.2, -0.15) is 0 Å². The lowest BCUT2D eigenvalue weighted by atomic mass is 9.73. The van der Waals surface area contributed by atoms with Crippen LogP contribution >= 0.6 is 0 Å². The van der Waals surface area contributed by atoms with Crippen LogP contribution in [0.15, 0.2) is 45.0 Å². The minimum Gasteiger partial charge on any atom is -0.455 e. The van der Waals surface area contributed by atoms with Gasteiger partial charge >= 0.3 is 0 Å². The number of fused-ring (bicyclic) bond motifs is 2. The summed E-state index contributed by atoms with van der Waals surface area (Å²) in [5.74, 6) is 1.96. The zero-order valence-electron chi connectivity index (χ0n) is 12.9. The van der Waals surface area contributed by atoms with Gasteiger partial charge in [0.2, 0.25) is 6.29 Å². The van der Waals surface area contributed by atoms with Gasteiger partial charge in [-0.25, -0.2) is 0 Å². The highest BCUT2D eigenvalue weighted by atomic mass is 16.7. The molecule has 0 aromatic carbocycles. The van der Waals surface area contributed by atoms with Crippen LogP contribution in [-0.4, -0.2) is 6.29 Å². The van der Waals surface area contributed by atoms with Crippen LogP contribution in [0.3, 0.4) is 0 Å². The Morgan fingerprint density at radius 2 is 1.47 bits per heavy atom. The number of ether oxygens (including phenoxy) is 2. The zero-order chi connectivity index (χ0) is 14.1. The molecule has 0 aromatic rings. The quantitative estimate of drug-likeness (QED) is 0.631. The second-order valence-corrected chi connectivity index (χ2v) is 6.34. The monoisotopic (exact) mass is 258 g/mol. The summed E-state index contributed by atoms with van der Waals surface area (Å²) in [6.45, 7) is 15.2. The van der Waals surface area contributed by atoms with Crippen molar-refractivity contribution < 1.29 is 9.47 Å². The van der Waals surface area contributed by atoms with Gasteiger partial charge in [0, 0.05) is 17.9 Å². The van der Waals surface area contributed by atoms with Gasteiger partial charge < -0.3 is 9.47 Å². The van der Waals surface area contributed by atoms with Crippen LogP contribution in [0.5, 0.6) is 0 Å². The van der Waals surface area contributed by atoms with E-state index in [0.29, 0.717) is 0 Å². The van der Waals surface area contributed by atoms with Crippen molar-refractivity contribution in [2.45, 2.75) is 54.8 Å².